The molecule has 0 saturated carbocycles. The maximum Gasteiger partial charge on any atom is 0.0521 e. The van der Waals surface area contributed by atoms with Crippen molar-refractivity contribution in [3.63, 3.8) is 0 Å². The molecule has 1 atom stereocenters. The van der Waals surface area contributed by atoms with Crippen molar-refractivity contribution in [2.45, 2.75) is 26.8 Å². The fraction of sp³-hybridized carbons (Fsp3) is 0.700. The number of nitrogens with zero attached hydrogens (tertiary/aromatic N) is 2. The van der Waals surface area contributed by atoms with Gasteiger partial charge in [0.1, 0.15) is 0 Å². The average molecular weight is 181 g/mol. The Morgan fingerprint density at radius 2 is 2.38 bits per heavy atom. The lowest BCUT2D eigenvalue weighted by molar-refractivity contribution is 0.541. The first-order chi connectivity index (χ1) is 6.26. The molecule has 1 unspecified atom stereocenters. The van der Waals surface area contributed by atoms with E-state index < -0.39 is 0 Å². The van der Waals surface area contributed by atoms with Crippen molar-refractivity contribution >= 4 is 0 Å². The summed E-state index contributed by atoms with van der Waals surface area (Å²) in [7, 11) is 1.99. The van der Waals surface area contributed by atoms with Crippen LogP contribution in [0.4, 0.5) is 0 Å². The molecule has 0 saturated heterocycles. The summed E-state index contributed by atoms with van der Waals surface area (Å²) in [4.78, 5) is 0. The Morgan fingerprint density at radius 3 is 2.92 bits per heavy atom. The zero-order chi connectivity index (χ0) is 9.68. The molecule has 0 radical (unpaired) electrons. The number of rotatable bonds is 5. The van der Waals surface area contributed by atoms with Crippen molar-refractivity contribution in [3.8, 4) is 0 Å². The molecule has 0 aliphatic heterocycles. The lowest BCUT2D eigenvalue weighted by atomic mass is 10.0. The zero-order valence-electron chi connectivity index (χ0n) is 8.75. The number of hydrogen-bond donors (Lipinski definition) is 1. The van der Waals surface area contributed by atoms with Gasteiger partial charge in [-0.05, 0) is 38.4 Å². The molecule has 1 aromatic heterocycles. The Kier molecular flexibility index (Phi) is 3.96. The number of aromatic nitrogens is 2. The van der Waals surface area contributed by atoms with Gasteiger partial charge >= 0.3 is 0 Å². The van der Waals surface area contributed by atoms with E-state index in [4.69, 9.17) is 0 Å². The van der Waals surface area contributed by atoms with Crippen LogP contribution in [0, 0.1) is 5.92 Å². The summed E-state index contributed by atoms with van der Waals surface area (Å²) in [5.41, 5.74) is 1.34. The van der Waals surface area contributed by atoms with Crippen molar-refractivity contribution in [1.82, 2.24) is 15.1 Å². The molecule has 1 aromatic rings. The van der Waals surface area contributed by atoms with Crippen molar-refractivity contribution < 1.29 is 0 Å². The second kappa shape index (κ2) is 5.02. The summed E-state index contributed by atoms with van der Waals surface area (Å²) in [6, 6.07) is 0. The minimum absolute atomic E-state index is 0.680. The van der Waals surface area contributed by atoms with Gasteiger partial charge < -0.3 is 5.32 Å². The van der Waals surface area contributed by atoms with E-state index in [1.54, 1.807) is 0 Å². The first-order valence-corrected chi connectivity index (χ1v) is 4.92. The minimum Gasteiger partial charge on any atom is -0.319 e. The van der Waals surface area contributed by atoms with Gasteiger partial charge in [0.05, 0.1) is 6.20 Å². The standard InChI is InChI=1S/C10H19N3/c1-4-13-8-10(7-12-13)5-9(2)6-11-3/h7-9,11H,4-6H2,1-3H3. The van der Waals surface area contributed by atoms with E-state index in [-0.39, 0.29) is 0 Å². The van der Waals surface area contributed by atoms with Crippen LogP contribution in [0.1, 0.15) is 19.4 Å². The third kappa shape index (κ3) is 3.19. The third-order valence-corrected chi connectivity index (χ3v) is 2.15. The minimum atomic E-state index is 0.680. The van der Waals surface area contributed by atoms with E-state index in [0.29, 0.717) is 5.92 Å². The Morgan fingerprint density at radius 1 is 1.62 bits per heavy atom. The van der Waals surface area contributed by atoms with Crippen LogP contribution in [0.5, 0.6) is 0 Å². The van der Waals surface area contributed by atoms with Gasteiger partial charge in [-0.3, -0.25) is 4.68 Å². The van der Waals surface area contributed by atoms with Crippen LogP contribution >= 0.6 is 0 Å². The van der Waals surface area contributed by atoms with Gasteiger partial charge in [0, 0.05) is 12.7 Å². The molecule has 0 amide bonds. The highest BCUT2D eigenvalue weighted by Gasteiger charge is 2.03. The smallest absolute Gasteiger partial charge is 0.0521 e. The number of hydrogen-bond acceptors (Lipinski definition) is 2. The zero-order valence-corrected chi connectivity index (χ0v) is 8.75. The van der Waals surface area contributed by atoms with Gasteiger partial charge in [-0.1, -0.05) is 6.92 Å². The van der Waals surface area contributed by atoms with Crippen LogP contribution in [0.25, 0.3) is 0 Å². The maximum atomic E-state index is 4.24. The molecule has 0 aliphatic carbocycles. The summed E-state index contributed by atoms with van der Waals surface area (Å²) in [6.45, 7) is 6.38. The normalized spacial score (nSPS) is 13.2. The van der Waals surface area contributed by atoms with Crippen molar-refractivity contribution in [1.29, 1.82) is 0 Å². The van der Waals surface area contributed by atoms with Gasteiger partial charge in [-0.15, -0.1) is 0 Å². The molecule has 74 valence electrons. The third-order valence-electron chi connectivity index (χ3n) is 2.15. The molecule has 0 aromatic carbocycles. The summed E-state index contributed by atoms with van der Waals surface area (Å²) in [5.74, 6) is 0.680. The highest BCUT2D eigenvalue weighted by atomic mass is 15.3. The molecule has 0 fully saturated rings. The van der Waals surface area contributed by atoms with E-state index in [0.717, 1.165) is 19.5 Å². The first-order valence-electron chi connectivity index (χ1n) is 4.92. The molecule has 1 heterocycles. The Hall–Kier alpha value is -0.830. The summed E-state index contributed by atoms with van der Waals surface area (Å²) < 4.78 is 1.97. The van der Waals surface area contributed by atoms with Gasteiger partial charge in [0.2, 0.25) is 0 Å². The summed E-state index contributed by atoms with van der Waals surface area (Å²) in [5, 5.41) is 7.43. The Labute approximate surface area is 80.1 Å². The molecule has 13 heavy (non-hydrogen) atoms. The number of nitrogens with one attached hydrogen (secondary N) is 1. The van der Waals surface area contributed by atoms with Crippen molar-refractivity contribution in [2.24, 2.45) is 5.92 Å². The van der Waals surface area contributed by atoms with Gasteiger partial charge in [-0.2, -0.15) is 5.10 Å². The Bertz CT molecular complexity index is 242. The largest absolute Gasteiger partial charge is 0.319 e. The fourth-order valence-corrected chi connectivity index (χ4v) is 1.51. The molecule has 0 aliphatic rings. The molecular weight excluding hydrogens is 162 g/mol. The molecule has 3 heteroatoms. The van der Waals surface area contributed by atoms with Gasteiger partial charge in [0.15, 0.2) is 0 Å². The van der Waals surface area contributed by atoms with Crippen LogP contribution in [-0.4, -0.2) is 23.4 Å². The first kappa shape index (κ1) is 10.3. The summed E-state index contributed by atoms with van der Waals surface area (Å²) >= 11 is 0. The second-order valence-electron chi connectivity index (χ2n) is 3.57. The molecular formula is C10H19N3. The van der Waals surface area contributed by atoms with Crippen molar-refractivity contribution in [2.75, 3.05) is 13.6 Å². The fourth-order valence-electron chi connectivity index (χ4n) is 1.51. The predicted molar refractivity (Wildman–Crippen MR) is 54.7 cm³/mol. The molecule has 1 rings (SSSR count). The highest BCUT2D eigenvalue weighted by molar-refractivity contribution is 5.04. The maximum absolute atomic E-state index is 4.24. The van der Waals surface area contributed by atoms with Crippen LogP contribution in [0.2, 0.25) is 0 Å². The van der Waals surface area contributed by atoms with Crippen LogP contribution < -0.4 is 5.32 Å². The average Bonchev–Trinajstić information content (AvgIpc) is 2.52. The highest BCUT2D eigenvalue weighted by Crippen LogP contribution is 2.06. The van der Waals surface area contributed by atoms with E-state index in [9.17, 15) is 0 Å². The van der Waals surface area contributed by atoms with Crippen LogP contribution in [-0.2, 0) is 13.0 Å². The SMILES string of the molecule is CCn1cc(CC(C)CNC)cn1. The van der Waals surface area contributed by atoms with E-state index in [1.165, 1.54) is 5.56 Å². The van der Waals surface area contributed by atoms with Gasteiger partial charge in [0.25, 0.3) is 0 Å². The topological polar surface area (TPSA) is 29.9 Å². The van der Waals surface area contributed by atoms with Crippen LogP contribution in [0.3, 0.4) is 0 Å². The molecule has 3 nitrogen and oxygen atoms in total. The Balaban J connectivity index is 2.44. The molecule has 1 N–H and O–H groups in total. The molecule has 0 spiro atoms. The lowest BCUT2D eigenvalue weighted by Crippen LogP contribution is -2.17. The second-order valence-corrected chi connectivity index (χ2v) is 3.57. The molecule has 0 bridgehead atoms. The van der Waals surface area contributed by atoms with Crippen LogP contribution in [0.15, 0.2) is 12.4 Å². The number of aryl methyl sites for hydroxylation is 1. The van der Waals surface area contributed by atoms with E-state index >= 15 is 0 Å². The van der Waals surface area contributed by atoms with Crippen molar-refractivity contribution in [3.05, 3.63) is 18.0 Å². The van der Waals surface area contributed by atoms with Gasteiger partial charge in [-0.25, -0.2) is 0 Å². The van der Waals surface area contributed by atoms with E-state index in [1.807, 2.05) is 17.9 Å². The summed E-state index contributed by atoms with van der Waals surface area (Å²) in [6.07, 6.45) is 5.21. The quantitative estimate of drug-likeness (QED) is 0.742. The monoisotopic (exact) mass is 181 g/mol. The lowest BCUT2D eigenvalue weighted by Gasteiger charge is -2.07. The predicted octanol–water partition coefficient (Wildman–Crippen LogP) is 1.30. The van der Waals surface area contributed by atoms with E-state index in [2.05, 4.69) is 30.5 Å².